The Bertz CT molecular complexity index is 1750. The van der Waals surface area contributed by atoms with Gasteiger partial charge in [-0.05, 0) is 54.1 Å². The van der Waals surface area contributed by atoms with Crippen molar-refractivity contribution in [2.75, 3.05) is 19.8 Å². The Labute approximate surface area is 280 Å². The van der Waals surface area contributed by atoms with Crippen molar-refractivity contribution >= 4 is 23.9 Å². The molecule has 0 aromatic heterocycles. The number of rotatable bonds is 13. The monoisotopic (exact) mass is 665 g/mol. The Morgan fingerprint density at radius 1 is 0.592 bits per heavy atom. The maximum Gasteiger partial charge on any atom is 0.338 e. The summed E-state index contributed by atoms with van der Waals surface area (Å²) >= 11 is 0. The average Bonchev–Trinajstić information content (AvgIpc) is 3.15. The molecule has 1 heterocycles. The average molecular weight is 666 g/mol. The number of carbonyl (C=O) groups is 4. The Morgan fingerprint density at radius 2 is 1.00 bits per heavy atom. The van der Waals surface area contributed by atoms with Crippen LogP contribution in [0.25, 0.3) is 10.4 Å². The van der Waals surface area contributed by atoms with Gasteiger partial charge in [-0.2, -0.15) is 0 Å². The van der Waals surface area contributed by atoms with Gasteiger partial charge in [-0.3, -0.25) is 0 Å². The number of nitrogens with zero attached hydrogens (tertiary/aromatic N) is 3. The molecule has 0 amide bonds. The molecule has 49 heavy (non-hydrogen) atoms. The molecule has 0 spiro atoms. The predicted octanol–water partition coefficient (Wildman–Crippen LogP) is 5.57. The van der Waals surface area contributed by atoms with E-state index in [-0.39, 0.29) is 35.4 Å². The van der Waals surface area contributed by atoms with Crippen LogP contribution >= 0.6 is 0 Å². The van der Waals surface area contributed by atoms with Gasteiger partial charge in [0.1, 0.15) is 12.7 Å². The van der Waals surface area contributed by atoms with Gasteiger partial charge in [0.05, 0.1) is 28.9 Å². The highest BCUT2D eigenvalue weighted by Gasteiger charge is 2.53. The molecule has 5 atom stereocenters. The minimum atomic E-state index is -1.55. The lowest BCUT2D eigenvalue weighted by molar-refractivity contribution is -0.297. The minimum absolute atomic E-state index is 0.121. The van der Waals surface area contributed by atoms with Gasteiger partial charge in [-0.25, -0.2) is 19.2 Å². The van der Waals surface area contributed by atoms with Crippen molar-refractivity contribution in [2.45, 2.75) is 30.7 Å². The summed E-state index contributed by atoms with van der Waals surface area (Å²) in [7, 11) is 0. The molecular formula is C36H31N3O10. The number of ether oxygens (including phenoxy) is 6. The molecule has 0 N–H and O–H groups in total. The summed E-state index contributed by atoms with van der Waals surface area (Å²) in [5.41, 5.74) is 9.51. The standard InChI is InChI=1S/C36H31N3O10/c37-39-38-21-22-44-36-31(49-35(43)27-19-11-4-12-20-27)30(48-34(42)26-17-9-3-10-18-26)29(47-33(41)25-15-7-2-8-16-25)28(46-36)23-45-32(40)24-13-5-1-6-14-24/h1-20,28-31,36H,21-23H2/t28-,29-,30+,31+,36+/m1/s1. The van der Waals surface area contributed by atoms with E-state index in [4.69, 9.17) is 34.0 Å². The van der Waals surface area contributed by atoms with Crippen molar-refractivity contribution in [1.82, 2.24) is 0 Å². The van der Waals surface area contributed by atoms with Gasteiger partial charge in [0.25, 0.3) is 0 Å². The number of carbonyl (C=O) groups excluding carboxylic acids is 4. The number of azide groups is 1. The smallest absolute Gasteiger partial charge is 0.338 e. The molecule has 1 aliphatic rings. The first kappa shape index (κ1) is 34.3. The molecule has 1 fully saturated rings. The third kappa shape index (κ3) is 9.30. The van der Waals surface area contributed by atoms with Crippen LogP contribution in [0.15, 0.2) is 126 Å². The number of hydrogen-bond donors (Lipinski definition) is 0. The second-order valence-electron chi connectivity index (χ2n) is 10.5. The van der Waals surface area contributed by atoms with Gasteiger partial charge in [-0.1, -0.05) is 77.9 Å². The van der Waals surface area contributed by atoms with Crippen LogP contribution in [0.1, 0.15) is 41.4 Å². The van der Waals surface area contributed by atoms with E-state index in [1.807, 2.05) is 0 Å². The van der Waals surface area contributed by atoms with E-state index in [0.29, 0.717) is 0 Å². The van der Waals surface area contributed by atoms with Gasteiger partial charge in [0.2, 0.25) is 0 Å². The molecule has 13 heteroatoms. The highest BCUT2D eigenvalue weighted by atomic mass is 16.7. The van der Waals surface area contributed by atoms with E-state index < -0.39 is 61.2 Å². The minimum Gasteiger partial charge on any atom is -0.459 e. The summed E-state index contributed by atoms with van der Waals surface area (Å²) in [4.78, 5) is 56.1. The second-order valence-corrected chi connectivity index (χ2v) is 10.5. The van der Waals surface area contributed by atoms with Crippen molar-refractivity contribution in [1.29, 1.82) is 0 Å². The fourth-order valence-electron chi connectivity index (χ4n) is 4.92. The van der Waals surface area contributed by atoms with Gasteiger partial charge in [0.15, 0.2) is 24.6 Å². The van der Waals surface area contributed by atoms with E-state index in [9.17, 15) is 19.2 Å². The first-order valence-electron chi connectivity index (χ1n) is 15.2. The zero-order valence-electron chi connectivity index (χ0n) is 26.0. The highest BCUT2D eigenvalue weighted by Crippen LogP contribution is 2.32. The molecule has 0 radical (unpaired) electrons. The number of hydrogen-bond acceptors (Lipinski definition) is 11. The third-order valence-corrected chi connectivity index (χ3v) is 7.27. The van der Waals surface area contributed by atoms with E-state index in [1.54, 1.807) is 84.9 Å². The Hall–Kier alpha value is -6.01. The fraction of sp³-hybridized carbons (Fsp3) is 0.222. The molecule has 250 valence electrons. The van der Waals surface area contributed by atoms with Gasteiger partial charge >= 0.3 is 23.9 Å². The quantitative estimate of drug-likeness (QED) is 0.0439. The molecule has 0 unspecified atom stereocenters. The maximum atomic E-state index is 13.6. The normalized spacial score (nSPS) is 19.8. The molecule has 13 nitrogen and oxygen atoms in total. The molecule has 4 aromatic carbocycles. The van der Waals surface area contributed by atoms with E-state index >= 15 is 0 Å². The largest absolute Gasteiger partial charge is 0.459 e. The van der Waals surface area contributed by atoms with E-state index in [1.165, 1.54) is 36.4 Å². The fourth-order valence-corrected chi connectivity index (χ4v) is 4.92. The van der Waals surface area contributed by atoms with Crippen LogP contribution in [0.2, 0.25) is 0 Å². The van der Waals surface area contributed by atoms with Crippen LogP contribution in [-0.2, 0) is 28.4 Å². The van der Waals surface area contributed by atoms with Gasteiger partial charge < -0.3 is 28.4 Å². The van der Waals surface area contributed by atoms with Crippen LogP contribution in [0.4, 0.5) is 0 Å². The maximum absolute atomic E-state index is 13.6. The summed E-state index contributed by atoms with van der Waals surface area (Å²) in [5, 5.41) is 3.47. The first-order chi connectivity index (χ1) is 23.9. The first-order valence-corrected chi connectivity index (χ1v) is 15.2. The second kappa shape index (κ2) is 17.2. The van der Waals surface area contributed by atoms with Crippen LogP contribution in [-0.4, -0.2) is 74.3 Å². The Morgan fingerprint density at radius 3 is 1.45 bits per heavy atom. The number of esters is 4. The number of benzene rings is 4. The lowest BCUT2D eigenvalue weighted by Gasteiger charge is -2.44. The zero-order valence-corrected chi connectivity index (χ0v) is 26.0. The molecular weight excluding hydrogens is 634 g/mol. The molecule has 4 aromatic rings. The molecule has 0 aliphatic carbocycles. The van der Waals surface area contributed by atoms with Crippen molar-refractivity contribution in [2.24, 2.45) is 5.11 Å². The van der Waals surface area contributed by atoms with Crippen molar-refractivity contribution < 1.29 is 47.6 Å². The van der Waals surface area contributed by atoms with E-state index in [2.05, 4.69) is 10.0 Å². The Kier molecular flexibility index (Phi) is 12.1. The molecule has 5 rings (SSSR count). The van der Waals surface area contributed by atoms with Crippen LogP contribution in [0.5, 0.6) is 0 Å². The van der Waals surface area contributed by atoms with Crippen LogP contribution in [0.3, 0.4) is 0 Å². The predicted molar refractivity (Wildman–Crippen MR) is 172 cm³/mol. The summed E-state index contributed by atoms with van der Waals surface area (Å²) in [5.74, 6) is -3.17. The van der Waals surface area contributed by atoms with Crippen LogP contribution < -0.4 is 0 Å². The van der Waals surface area contributed by atoms with Gasteiger partial charge in [-0.15, -0.1) is 0 Å². The summed E-state index contributed by atoms with van der Waals surface area (Å²) < 4.78 is 35.4. The molecule has 1 aliphatic heterocycles. The summed E-state index contributed by atoms with van der Waals surface area (Å²) in [6.07, 6.45) is -7.34. The van der Waals surface area contributed by atoms with Crippen LogP contribution in [0, 0.1) is 0 Å². The van der Waals surface area contributed by atoms with Crippen molar-refractivity contribution in [3.8, 4) is 0 Å². The SMILES string of the molecule is [N-]=[N+]=NCCO[C@H]1O[C@H](COC(=O)c2ccccc2)[C@@H](OC(=O)c2ccccc2)[C@H](OC(=O)c2ccccc2)[C@@H]1OC(=O)c1ccccc1. The molecule has 0 saturated carbocycles. The Balaban J connectivity index is 1.54. The van der Waals surface area contributed by atoms with Crippen molar-refractivity contribution in [3.63, 3.8) is 0 Å². The molecule has 1 saturated heterocycles. The summed E-state index contributed by atoms with van der Waals surface area (Å²) in [6, 6.07) is 32.3. The third-order valence-electron chi connectivity index (χ3n) is 7.27. The topological polar surface area (TPSA) is 172 Å². The summed E-state index contributed by atoms with van der Waals surface area (Å²) in [6.45, 7) is -0.807. The lowest BCUT2D eigenvalue weighted by Crippen LogP contribution is -2.63. The zero-order chi connectivity index (χ0) is 34.4. The molecule has 0 bridgehead atoms. The van der Waals surface area contributed by atoms with Crippen molar-refractivity contribution in [3.05, 3.63) is 154 Å². The van der Waals surface area contributed by atoms with E-state index in [0.717, 1.165) is 0 Å². The highest BCUT2D eigenvalue weighted by molar-refractivity contribution is 5.91. The lowest BCUT2D eigenvalue weighted by atomic mass is 9.97. The van der Waals surface area contributed by atoms with Gasteiger partial charge in [0, 0.05) is 11.5 Å².